The van der Waals surface area contributed by atoms with E-state index in [0.717, 1.165) is 21.1 Å². The quantitative estimate of drug-likeness (QED) is 0.378. The van der Waals surface area contributed by atoms with Crippen LogP contribution in [0.1, 0.15) is 43.7 Å². The highest BCUT2D eigenvalue weighted by atomic mass is 79.9. The molecule has 142 valence electrons. The van der Waals surface area contributed by atoms with E-state index in [9.17, 15) is 15.0 Å². The van der Waals surface area contributed by atoms with Gasteiger partial charge in [-0.25, -0.2) is 4.79 Å². The Hall–Kier alpha value is -2.47. The molecule has 6 heteroatoms. The predicted octanol–water partition coefficient (Wildman–Crippen LogP) is 5.48. The van der Waals surface area contributed by atoms with E-state index in [-0.39, 0.29) is 34.6 Å². The second kappa shape index (κ2) is 6.93. The fourth-order valence-corrected chi connectivity index (χ4v) is 3.59. The number of hydrogen-bond acceptors (Lipinski definition) is 4. The molecule has 3 aromatic rings. The topological polar surface area (TPSA) is 82.6 Å². The molecule has 1 aromatic heterocycles. The third-order valence-corrected chi connectivity index (χ3v) is 4.89. The highest BCUT2D eigenvalue weighted by Gasteiger charge is 2.30. The molecule has 0 amide bonds. The number of halogens is 1. The van der Waals surface area contributed by atoms with E-state index in [4.69, 9.17) is 4.74 Å². The van der Waals surface area contributed by atoms with Gasteiger partial charge < -0.3 is 19.9 Å². The summed E-state index contributed by atoms with van der Waals surface area (Å²) in [5.41, 5.74) is 2.32. The van der Waals surface area contributed by atoms with Crippen LogP contribution < -0.4 is 0 Å². The number of H-pyrrole nitrogens is 1. The molecule has 0 atom stereocenters. The molecule has 3 N–H and O–H groups in total. The Balaban J connectivity index is 2.47. The number of esters is 1. The normalized spacial score (nSPS) is 11.7. The minimum Gasteiger partial charge on any atom is -0.507 e. The Morgan fingerprint density at radius 2 is 1.78 bits per heavy atom. The van der Waals surface area contributed by atoms with Gasteiger partial charge in [0.1, 0.15) is 17.1 Å². The van der Waals surface area contributed by atoms with Gasteiger partial charge in [0.2, 0.25) is 0 Å². The van der Waals surface area contributed by atoms with Crippen molar-refractivity contribution in [2.24, 2.45) is 0 Å². The van der Waals surface area contributed by atoms with Crippen LogP contribution in [0.4, 0.5) is 0 Å². The average Bonchev–Trinajstić information content (AvgIpc) is 2.95. The highest BCUT2D eigenvalue weighted by Crippen LogP contribution is 2.46. The summed E-state index contributed by atoms with van der Waals surface area (Å²) in [6, 6.07) is 8.46. The van der Waals surface area contributed by atoms with Crippen molar-refractivity contribution in [3.8, 4) is 22.6 Å². The van der Waals surface area contributed by atoms with Gasteiger partial charge in [-0.3, -0.25) is 0 Å². The smallest absolute Gasteiger partial charge is 0.342 e. The van der Waals surface area contributed by atoms with Crippen LogP contribution in [-0.2, 0) is 10.2 Å². The largest absolute Gasteiger partial charge is 0.507 e. The van der Waals surface area contributed by atoms with E-state index >= 15 is 0 Å². The van der Waals surface area contributed by atoms with Crippen molar-refractivity contribution >= 4 is 32.8 Å². The summed E-state index contributed by atoms with van der Waals surface area (Å²) in [5, 5.41) is 21.9. The maximum absolute atomic E-state index is 12.6. The number of hydrogen-bond donors (Lipinski definition) is 3. The molecule has 0 aliphatic rings. The van der Waals surface area contributed by atoms with Crippen molar-refractivity contribution in [1.82, 2.24) is 4.98 Å². The second-order valence-corrected chi connectivity index (χ2v) is 8.30. The van der Waals surface area contributed by atoms with E-state index in [1.807, 2.05) is 39.0 Å². The first-order chi connectivity index (χ1) is 12.6. The lowest BCUT2D eigenvalue weighted by Crippen LogP contribution is -2.14. The zero-order chi connectivity index (χ0) is 19.9. The van der Waals surface area contributed by atoms with Gasteiger partial charge in [0.05, 0.1) is 6.61 Å². The SMILES string of the molecule is CCOC(=O)c1c(O)ccc(O)c1-c1c(C(C)(C)C)[nH]c2ccc(Br)cc12. The standard InChI is InChI=1S/C21H22BrNO4/c1-5-27-20(26)18-15(25)9-8-14(24)17(18)16-12-10-11(22)6-7-13(12)23-19(16)21(2,3)4/h6-10,23-25H,5H2,1-4H3. The summed E-state index contributed by atoms with van der Waals surface area (Å²) in [4.78, 5) is 16.0. The van der Waals surface area contributed by atoms with Crippen LogP contribution in [0.3, 0.4) is 0 Å². The first kappa shape index (κ1) is 19.3. The summed E-state index contributed by atoms with van der Waals surface area (Å²) < 4.78 is 6.00. The van der Waals surface area contributed by atoms with Crippen LogP contribution in [-0.4, -0.2) is 27.8 Å². The summed E-state index contributed by atoms with van der Waals surface area (Å²) in [6.45, 7) is 7.99. The number of aromatic nitrogens is 1. The Morgan fingerprint density at radius 3 is 2.41 bits per heavy atom. The van der Waals surface area contributed by atoms with Crippen molar-refractivity contribution in [2.45, 2.75) is 33.1 Å². The molecule has 0 aliphatic heterocycles. The van der Waals surface area contributed by atoms with Gasteiger partial charge in [0, 0.05) is 37.6 Å². The number of fused-ring (bicyclic) bond motifs is 1. The van der Waals surface area contributed by atoms with Crippen LogP contribution in [0, 0.1) is 0 Å². The Bertz CT molecular complexity index is 1030. The maximum atomic E-state index is 12.6. The molecule has 0 radical (unpaired) electrons. The number of aromatic hydroxyl groups is 2. The molecule has 27 heavy (non-hydrogen) atoms. The first-order valence-electron chi connectivity index (χ1n) is 8.69. The molecule has 0 unspecified atom stereocenters. The van der Waals surface area contributed by atoms with Crippen LogP contribution in [0.25, 0.3) is 22.0 Å². The van der Waals surface area contributed by atoms with Gasteiger partial charge in [-0.2, -0.15) is 0 Å². The monoisotopic (exact) mass is 431 g/mol. The average molecular weight is 432 g/mol. The number of phenols is 2. The summed E-state index contributed by atoms with van der Waals surface area (Å²) in [6.07, 6.45) is 0. The fraction of sp³-hybridized carbons (Fsp3) is 0.286. The van der Waals surface area contributed by atoms with Crippen molar-refractivity contribution in [2.75, 3.05) is 6.61 Å². The van der Waals surface area contributed by atoms with Gasteiger partial charge in [0.25, 0.3) is 0 Å². The minimum atomic E-state index is -0.676. The number of carbonyl (C=O) groups is 1. The number of benzene rings is 2. The summed E-state index contributed by atoms with van der Waals surface area (Å²) >= 11 is 3.49. The van der Waals surface area contributed by atoms with Crippen LogP contribution in [0.15, 0.2) is 34.8 Å². The van der Waals surface area contributed by atoms with E-state index < -0.39 is 5.97 Å². The molecule has 0 saturated heterocycles. The van der Waals surface area contributed by atoms with Gasteiger partial charge in [-0.1, -0.05) is 36.7 Å². The van der Waals surface area contributed by atoms with Crippen LogP contribution >= 0.6 is 15.9 Å². The first-order valence-corrected chi connectivity index (χ1v) is 9.48. The Morgan fingerprint density at radius 1 is 1.11 bits per heavy atom. The van der Waals surface area contributed by atoms with E-state index in [2.05, 4.69) is 20.9 Å². The zero-order valence-corrected chi connectivity index (χ0v) is 17.3. The molecule has 2 aromatic carbocycles. The van der Waals surface area contributed by atoms with Crippen LogP contribution in [0.2, 0.25) is 0 Å². The number of phenolic OH excluding ortho intramolecular Hbond substituents is 2. The van der Waals surface area contributed by atoms with Gasteiger partial charge in [0.15, 0.2) is 0 Å². The van der Waals surface area contributed by atoms with Crippen molar-refractivity contribution in [3.63, 3.8) is 0 Å². The summed E-state index contributed by atoms with van der Waals surface area (Å²) in [7, 11) is 0. The van der Waals surface area contributed by atoms with Crippen molar-refractivity contribution < 1.29 is 19.7 Å². The summed E-state index contributed by atoms with van der Waals surface area (Å²) in [5.74, 6) is -1.00. The zero-order valence-electron chi connectivity index (χ0n) is 15.7. The molecule has 0 fully saturated rings. The number of ether oxygens (including phenoxy) is 1. The van der Waals surface area contributed by atoms with Gasteiger partial charge >= 0.3 is 5.97 Å². The molecule has 0 saturated carbocycles. The Labute approximate surface area is 166 Å². The van der Waals surface area contributed by atoms with Crippen molar-refractivity contribution in [1.29, 1.82) is 0 Å². The van der Waals surface area contributed by atoms with E-state index in [0.29, 0.717) is 5.56 Å². The van der Waals surface area contributed by atoms with Crippen molar-refractivity contribution in [3.05, 3.63) is 46.1 Å². The number of rotatable bonds is 3. The minimum absolute atomic E-state index is 0.0387. The lowest BCUT2D eigenvalue weighted by Gasteiger charge is -2.21. The molecule has 3 rings (SSSR count). The predicted molar refractivity (Wildman–Crippen MR) is 109 cm³/mol. The number of carbonyl (C=O) groups excluding carboxylic acids is 1. The lowest BCUT2D eigenvalue weighted by atomic mass is 9.84. The molecule has 5 nitrogen and oxygen atoms in total. The molecular formula is C21H22BrNO4. The molecule has 0 bridgehead atoms. The highest BCUT2D eigenvalue weighted by molar-refractivity contribution is 9.10. The van der Waals surface area contributed by atoms with E-state index in [1.165, 1.54) is 12.1 Å². The van der Waals surface area contributed by atoms with Crippen LogP contribution in [0.5, 0.6) is 11.5 Å². The van der Waals surface area contributed by atoms with Gasteiger partial charge in [-0.15, -0.1) is 0 Å². The maximum Gasteiger partial charge on any atom is 0.342 e. The number of aromatic amines is 1. The second-order valence-electron chi connectivity index (χ2n) is 7.39. The van der Waals surface area contributed by atoms with Gasteiger partial charge in [-0.05, 0) is 37.3 Å². The molecular weight excluding hydrogens is 410 g/mol. The third-order valence-electron chi connectivity index (χ3n) is 4.40. The third kappa shape index (κ3) is 3.41. The number of nitrogens with one attached hydrogen (secondary N) is 1. The lowest BCUT2D eigenvalue weighted by molar-refractivity contribution is 0.0523. The van der Waals surface area contributed by atoms with E-state index in [1.54, 1.807) is 6.92 Å². The molecule has 0 aliphatic carbocycles. The Kier molecular flexibility index (Phi) is 4.95. The fourth-order valence-electron chi connectivity index (χ4n) is 3.23. The molecule has 1 heterocycles. The molecule has 0 spiro atoms.